The minimum atomic E-state index is -0.914. The van der Waals surface area contributed by atoms with Crippen LogP contribution in [0.25, 0.3) is 6.08 Å². The molecule has 0 bridgehead atoms. The molecule has 0 saturated carbocycles. The van der Waals surface area contributed by atoms with Crippen LogP contribution in [0.1, 0.15) is 12.5 Å². The maximum Gasteiger partial charge on any atom is 0.335 e. The van der Waals surface area contributed by atoms with Crippen molar-refractivity contribution in [3.8, 4) is 11.5 Å². The van der Waals surface area contributed by atoms with Gasteiger partial charge in [0.1, 0.15) is 18.0 Å². The molecule has 1 N–H and O–H groups in total. The van der Waals surface area contributed by atoms with Crippen LogP contribution in [0.4, 0.5) is 14.9 Å². The van der Waals surface area contributed by atoms with Crippen LogP contribution in [0, 0.1) is 5.82 Å². The average Bonchev–Trinajstić information content (AvgIpc) is 2.72. The first-order valence-corrected chi connectivity index (χ1v) is 10.0. The van der Waals surface area contributed by atoms with Crippen LogP contribution >= 0.6 is 15.9 Å². The number of benzene rings is 2. The number of imide groups is 2. The van der Waals surface area contributed by atoms with E-state index in [4.69, 9.17) is 9.47 Å². The van der Waals surface area contributed by atoms with E-state index in [0.29, 0.717) is 28.1 Å². The highest BCUT2D eigenvalue weighted by Gasteiger charge is 2.36. The third-order valence-electron chi connectivity index (χ3n) is 4.17. The van der Waals surface area contributed by atoms with Gasteiger partial charge in [-0.15, -0.1) is 0 Å². The van der Waals surface area contributed by atoms with Gasteiger partial charge in [-0.2, -0.15) is 0 Å². The third-order valence-corrected chi connectivity index (χ3v) is 4.76. The lowest BCUT2D eigenvalue weighted by atomic mass is 10.1. The normalized spacial score (nSPS) is 15.1. The second-order valence-electron chi connectivity index (χ2n) is 6.30. The minimum absolute atomic E-state index is 0.131. The molecule has 2 aromatic carbocycles. The summed E-state index contributed by atoms with van der Waals surface area (Å²) in [6.07, 6.45) is 2.93. The van der Waals surface area contributed by atoms with Crippen molar-refractivity contribution in [1.82, 2.24) is 5.32 Å². The predicted molar refractivity (Wildman–Crippen MR) is 116 cm³/mol. The molecule has 1 aliphatic heterocycles. The number of barbiturate groups is 1. The highest BCUT2D eigenvalue weighted by atomic mass is 79.9. The van der Waals surface area contributed by atoms with Crippen molar-refractivity contribution < 1.29 is 28.2 Å². The molecular formula is C22H18BrFN2O5. The number of amides is 4. The Morgan fingerprint density at radius 2 is 1.87 bits per heavy atom. The number of urea groups is 1. The van der Waals surface area contributed by atoms with Gasteiger partial charge in [-0.25, -0.2) is 14.1 Å². The van der Waals surface area contributed by atoms with Gasteiger partial charge in [0.2, 0.25) is 0 Å². The van der Waals surface area contributed by atoms with E-state index in [2.05, 4.69) is 27.8 Å². The fourth-order valence-electron chi connectivity index (χ4n) is 2.87. The molecule has 1 saturated heterocycles. The zero-order valence-corrected chi connectivity index (χ0v) is 18.1. The molecule has 1 aliphatic rings. The second-order valence-corrected chi connectivity index (χ2v) is 7.15. The number of anilines is 1. The summed E-state index contributed by atoms with van der Waals surface area (Å²) in [5, 5.41) is 2.12. The number of carbonyl (C=O) groups is 3. The number of rotatable bonds is 7. The van der Waals surface area contributed by atoms with Gasteiger partial charge in [-0.05, 0) is 70.9 Å². The van der Waals surface area contributed by atoms with Gasteiger partial charge in [0.15, 0.2) is 11.5 Å². The molecule has 0 unspecified atom stereocenters. The average molecular weight is 489 g/mol. The van der Waals surface area contributed by atoms with Crippen molar-refractivity contribution in [3.63, 3.8) is 0 Å². The molecule has 0 atom stereocenters. The Labute approximate surface area is 186 Å². The maximum atomic E-state index is 13.2. The number of halogens is 2. The standard InChI is InChI=1S/C22H18BrFN2O5/c1-3-9-31-19-17(23)11-13(12-18(19)30-4-2)10-16-20(27)25-22(29)26(21(16)28)15-7-5-14(24)6-8-15/h3,5-8,10-12H,1,4,9H2,2H3,(H,25,27,29)/b16-10+. The lowest BCUT2D eigenvalue weighted by Gasteiger charge is -2.26. The summed E-state index contributed by atoms with van der Waals surface area (Å²) in [6.45, 7) is 6.04. The van der Waals surface area contributed by atoms with E-state index in [9.17, 15) is 18.8 Å². The van der Waals surface area contributed by atoms with Crippen LogP contribution < -0.4 is 19.7 Å². The summed E-state index contributed by atoms with van der Waals surface area (Å²) in [4.78, 5) is 38.3. The van der Waals surface area contributed by atoms with Gasteiger partial charge in [0.05, 0.1) is 16.8 Å². The molecule has 9 heteroatoms. The van der Waals surface area contributed by atoms with Gasteiger partial charge in [-0.3, -0.25) is 14.9 Å². The van der Waals surface area contributed by atoms with Crippen molar-refractivity contribution in [1.29, 1.82) is 0 Å². The van der Waals surface area contributed by atoms with Crippen LogP contribution in [-0.2, 0) is 9.59 Å². The van der Waals surface area contributed by atoms with Gasteiger partial charge in [0, 0.05) is 0 Å². The first-order valence-electron chi connectivity index (χ1n) is 9.22. The third kappa shape index (κ3) is 4.83. The monoisotopic (exact) mass is 488 g/mol. The summed E-state index contributed by atoms with van der Waals surface area (Å²) in [5.41, 5.74) is 0.331. The number of hydrogen-bond donors (Lipinski definition) is 1. The number of carbonyl (C=O) groups excluding carboxylic acids is 3. The Morgan fingerprint density at radius 3 is 2.52 bits per heavy atom. The molecule has 0 aromatic heterocycles. The van der Waals surface area contributed by atoms with Gasteiger partial charge < -0.3 is 9.47 Å². The molecule has 2 aromatic rings. The smallest absolute Gasteiger partial charge is 0.335 e. The van der Waals surface area contributed by atoms with E-state index >= 15 is 0 Å². The first kappa shape index (κ1) is 22.2. The molecule has 0 radical (unpaired) electrons. The Kier molecular flexibility index (Phi) is 6.86. The van der Waals surface area contributed by atoms with E-state index in [1.165, 1.54) is 18.2 Å². The minimum Gasteiger partial charge on any atom is -0.490 e. The summed E-state index contributed by atoms with van der Waals surface area (Å²) in [7, 11) is 0. The number of nitrogens with zero attached hydrogens (tertiary/aromatic N) is 1. The summed E-state index contributed by atoms with van der Waals surface area (Å²) >= 11 is 3.40. The zero-order valence-electron chi connectivity index (χ0n) is 16.5. The fraction of sp³-hybridized carbons (Fsp3) is 0.136. The largest absolute Gasteiger partial charge is 0.490 e. The second kappa shape index (κ2) is 9.57. The maximum absolute atomic E-state index is 13.2. The molecule has 0 spiro atoms. The fourth-order valence-corrected chi connectivity index (χ4v) is 3.44. The van der Waals surface area contributed by atoms with Crippen LogP contribution in [-0.4, -0.2) is 31.1 Å². The van der Waals surface area contributed by atoms with Crippen molar-refractivity contribution in [2.75, 3.05) is 18.1 Å². The van der Waals surface area contributed by atoms with Gasteiger partial charge in [-0.1, -0.05) is 12.7 Å². The van der Waals surface area contributed by atoms with Crippen LogP contribution in [0.2, 0.25) is 0 Å². The Bertz CT molecular complexity index is 1080. The lowest BCUT2D eigenvalue weighted by molar-refractivity contribution is -0.122. The quantitative estimate of drug-likeness (QED) is 0.358. The highest BCUT2D eigenvalue weighted by Crippen LogP contribution is 2.38. The molecular weight excluding hydrogens is 471 g/mol. The zero-order chi connectivity index (χ0) is 22.5. The van der Waals surface area contributed by atoms with Crippen LogP contribution in [0.3, 0.4) is 0 Å². The van der Waals surface area contributed by atoms with E-state index in [-0.39, 0.29) is 17.9 Å². The molecule has 1 fully saturated rings. The van der Waals surface area contributed by atoms with E-state index in [0.717, 1.165) is 17.0 Å². The molecule has 3 rings (SSSR count). The van der Waals surface area contributed by atoms with Crippen molar-refractivity contribution in [2.24, 2.45) is 0 Å². The Hall–Kier alpha value is -3.46. The predicted octanol–water partition coefficient (Wildman–Crippen LogP) is 4.22. The van der Waals surface area contributed by atoms with Crippen LogP contribution in [0.15, 0.2) is 59.1 Å². The molecule has 1 heterocycles. The van der Waals surface area contributed by atoms with Gasteiger partial charge in [0.25, 0.3) is 11.8 Å². The molecule has 0 aliphatic carbocycles. The van der Waals surface area contributed by atoms with E-state index in [1.54, 1.807) is 25.1 Å². The number of nitrogens with one attached hydrogen (secondary N) is 1. The van der Waals surface area contributed by atoms with Crippen molar-refractivity contribution in [2.45, 2.75) is 6.92 Å². The topological polar surface area (TPSA) is 84.9 Å². The SMILES string of the molecule is C=CCOc1c(Br)cc(/C=C2\C(=O)NC(=O)N(c3ccc(F)cc3)C2=O)cc1OCC. The molecule has 31 heavy (non-hydrogen) atoms. The summed E-state index contributed by atoms with van der Waals surface area (Å²) in [5.74, 6) is -1.34. The highest BCUT2D eigenvalue weighted by molar-refractivity contribution is 9.10. The number of hydrogen-bond acceptors (Lipinski definition) is 5. The summed E-state index contributed by atoms with van der Waals surface area (Å²) in [6, 6.07) is 7.12. The first-order chi connectivity index (χ1) is 14.8. The number of ether oxygens (including phenoxy) is 2. The van der Waals surface area contributed by atoms with Crippen molar-refractivity contribution in [3.05, 3.63) is 70.5 Å². The van der Waals surface area contributed by atoms with E-state index in [1.807, 2.05) is 0 Å². The van der Waals surface area contributed by atoms with E-state index < -0.39 is 23.7 Å². The Balaban J connectivity index is 2.01. The van der Waals surface area contributed by atoms with Gasteiger partial charge >= 0.3 is 6.03 Å². The summed E-state index contributed by atoms with van der Waals surface area (Å²) < 4.78 is 25.0. The van der Waals surface area contributed by atoms with Crippen molar-refractivity contribution >= 4 is 45.5 Å². The Morgan fingerprint density at radius 1 is 1.16 bits per heavy atom. The lowest BCUT2D eigenvalue weighted by Crippen LogP contribution is -2.54. The molecule has 7 nitrogen and oxygen atoms in total. The van der Waals surface area contributed by atoms with Crippen LogP contribution in [0.5, 0.6) is 11.5 Å². The molecule has 160 valence electrons. The molecule has 4 amide bonds.